The largest absolute Gasteiger partial charge is 0.309 e. The van der Waals surface area contributed by atoms with Crippen molar-refractivity contribution in [3.8, 4) is 11.4 Å². The van der Waals surface area contributed by atoms with Crippen molar-refractivity contribution in [3.63, 3.8) is 0 Å². The lowest BCUT2D eigenvalue weighted by Gasteiger charge is -2.12. The maximum Gasteiger partial charge on any atom is 0.124 e. The summed E-state index contributed by atoms with van der Waals surface area (Å²) < 4.78 is 8.90. The SMILES string of the molecule is c1ccc(-n2c3ccccc3c3c4c5ccccc5n(-c5ccc6sc7ccccc7c6c5)c4c4sc5ncccc5c4c32)cc1. The fourth-order valence-electron chi connectivity index (χ4n) is 7.74. The van der Waals surface area contributed by atoms with Gasteiger partial charge in [-0.2, -0.15) is 0 Å². The van der Waals surface area contributed by atoms with E-state index in [9.17, 15) is 0 Å². The van der Waals surface area contributed by atoms with E-state index in [0.717, 1.165) is 10.5 Å². The fraction of sp³-hybridized carbons (Fsp3) is 0. The Hall–Kier alpha value is -5.49. The lowest BCUT2D eigenvalue weighted by atomic mass is 10.0. The molecule has 0 atom stereocenters. The van der Waals surface area contributed by atoms with Gasteiger partial charge in [0.15, 0.2) is 0 Å². The number of nitrogens with zero attached hydrogens (tertiary/aromatic N) is 3. The summed E-state index contributed by atoms with van der Waals surface area (Å²) in [4.78, 5) is 5.98. The van der Waals surface area contributed by atoms with E-state index >= 15 is 0 Å². The summed E-state index contributed by atoms with van der Waals surface area (Å²) >= 11 is 3.67. The number of fused-ring (bicyclic) bond motifs is 15. The van der Waals surface area contributed by atoms with Crippen LogP contribution >= 0.6 is 22.7 Å². The molecule has 11 rings (SSSR count). The van der Waals surface area contributed by atoms with Gasteiger partial charge in [-0.05, 0) is 60.7 Å². The van der Waals surface area contributed by atoms with Gasteiger partial charge in [-0.15, -0.1) is 22.7 Å². The number of aromatic nitrogens is 3. The quantitative estimate of drug-likeness (QED) is 0.188. The molecule has 0 unspecified atom stereocenters. The molecule has 0 radical (unpaired) electrons. The maximum absolute atomic E-state index is 4.91. The van der Waals surface area contributed by atoms with Crippen molar-refractivity contribution in [2.45, 2.75) is 0 Å². The Morgan fingerprint density at radius 1 is 0.435 bits per heavy atom. The van der Waals surface area contributed by atoms with Crippen LogP contribution < -0.4 is 0 Å². The van der Waals surface area contributed by atoms with Crippen LogP contribution in [0, 0.1) is 0 Å². The van der Waals surface area contributed by atoms with Gasteiger partial charge in [-0.3, -0.25) is 0 Å². The van der Waals surface area contributed by atoms with Gasteiger partial charge in [-0.1, -0.05) is 72.8 Å². The van der Waals surface area contributed by atoms with Crippen molar-refractivity contribution in [2.24, 2.45) is 0 Å². The van der Waals surface area contributed by atoms with Crippen LogP contribution in [0.25, 0.3) is 95.5 Å². The second kappa shape index (κ2) is 9.04. The Morgan fingerprint density at radius 2 is 1.07 bits per heavy atom. The van der Waals surface area contributed by atoms with Crippen molar-refractivity contribution in [3.05, 3.63) is 140 Å². The Kier molecular flexibility index (Phi) is 4.87. The van der Waals surface area contributed by atoms with Crippen molar-refractivity contribution in [2.75, 3.05) is 0 Å². The zero-order valence-corrected chi connectivity index (χ0v) is 26.1. The molecular weight excluding hydrogens is 599 g/mol. The molecule has 0 saturated heterocycles. The van der Waals surface area contributed by atoms with E-state index in [0.29, 0.717) is 0 Å². The molecule has 0 aliphatic heterocycles. The first-order chi connectivity index (χ1) is 22.8. The number of para-hydroxylation sites is 3. The molecule has 0 aliphatic carbocycles. The lowest BCUT2D eigenvalue weighted by Crippen LogP contribution is -1.95. The Balaban J connectivity index is 1.44. The smallest absolute Gasteiger partial charge is 0.124 e. The van der Waals surface area contributed by atoms with Crippen LogP contribution in [-0.2, 0) is 0 Å². The summed E-state index contributed by atoms with van der Waals surface area (Å²) in [6, 6.07) is 48.7. The average Bonchev–Trinajstić information content (AvgIpc) is 3.86. The van der Waals surface area contributed by atoms with Crippen LogP contribution in [0.4, 0.5) is 0 Å². The Bertz CT molecular complexity index is 3030. The summed E-state index contributed by atoms with van der Waals surface area (Å²) in [6.45, 7) is 0. The molecule has 0 N–H and O–H groups in total. The molecule has 0 bridgehead atoms. The number of hydrogen-bond acceptors (Lipinski definition) is 3. The minimum absolute atomic E-state index is 1.06. The van der Waals surface area contributed by atoms with E-state index in [2.05, 4.69) is 143 Å². The predicted molar refractivity (Wildman–Crippen MR) is 199 cm³/mol. The van der Waals surface area contributed by atoms with Gasteiger partial charge in [0.25, 0.3) is 0 Å². The predicted octanol–water partition coefficient (Wildman–Crippen LogP) is 12.0. The van der Waals surface area contributed by atoms with E-state index in [-0.39, 0.29) is 0 Å². The topological polar surface area (TPSA) is 22.8 Å². The Morgan fingerprint density at radius 3 is 1.87 bits per heavy atom. The van der Waals surface area contributed by atoms with Crippen LogP contribution in [0.5, 0.6) is 0 Å². The molecular formula is C41H23N3S2. The van der Waals surface area contributed by atoms with Gasteiger partial charge in [0.1, 0.15) is 4.83 Å². The highest BCUT2D eigenvalue weighted by atomic mass is 32.1. The van der Waals surface area contributed by atoms with Gasteiger partial charge >= 0.3 is 0 Å². The van der Waals surface area contributed by atoms with Crippen molar-refractivity contribution >= 4 is 107 Å². The molecule has 0 amide bonds. The highest BCUT2D eigenvalue weighted by molar-refractivity contribution is 7.26. The second-order valence-electron chi connectivity index (χ2n) is 11.9. The van der Waals surface area contributed by atoms with Crippen LogP contribution in [-0.4, -0.2) is 14.1 Å². The third-order valence-corrected chi connectivity index (χ3v) is 11.8. The highest BCUT2D eigenvalue weighted by Crippen LogP contribution is 2.51. The molecule has 0 fully saturated rings. The second-order valence-corrected chi connectivity index (χ2v) is 14.0. The first kappa shape index (κ1) is 24.8. The van der Waals surface area contributed by atoms with E-state index in [4.69, 9.17) is 4.98 Å². The third kappa shape index (κ3) is 3.13. The zero-order valence-electron chi connectivity index (χ0n) is 24.4. The lowest BCUT2D eigenvalue weighted by molar-refractivity contribution is 1.18. The summed E-state index contributed by atoms with van der Waals surface area (Å²) in [6.07, 6.45) is 1.92. The Labute approximate surface area is 270 Å². The molecule has 5 heteroatoms. The van der Waals surface area contributed by atoms with Gasteiger partial charge in [0.05, 0.1) is 26.8 Å². The van der Waals surface area contributed by atoms with Crippen molar-refractivity contribution in [1.29, 1.82) is 0 Å². The highest BCUT2D eigenvalue weighted by Gasteiger charge is 2.26. The molecule has 0 saturated carbocycles. The van der Waals surface area contributed by atoms with E-state index < -0.39 is 0 Å². The summed E-state index contributed by atoms with van der Waals surface area (Å²) in [5.41, 5.74) is 7.27. The van der Waals surface area contributed by atoms with Gasteiger partial charge < -0.3 is 9.13 Å². The first-order valence-corrected chi connectivity index (χ1v) is 17.1. The number of hydrogen-bond donors (Lipinski definition) is 0. The molecule has 6 aromatic carbocycles. The molecule has 5 heterocycles. The van der Waals surface area contributed by atoms with E-state index in [1.54, 1.807) is 0 Å². The van der Waals surface area contributed by atoms with Crippen LogP contribution in [0.2, 0.25) is 0 Å². The monoisotopic (exact) mass is 621 g/mol. The molecule has 0 spiro atoms. The molecule has 5 aromatic heterocycles. The molecule has 3 nitrogen and oxygen atoms in total. The molecule has 214 valence electrons. The van der Waals surface area contributed by atoms with Gasteiger partial charge in [0, 0.05) is 70.1 Å². The summed E-state index contributed by atoms with van der Waals surface area (Å²) in [5, 5.41) is 10.2. The summed E-state index contributed by atoms with van der Waals surface area (Å²) in [7, 11) is 0. The molecule has 46 heavy (non-hydrogen) atoms. The minimum Gasteiger partial charge on any atom is -0.309 e. The van der Waals surface area contributed by atoms with Gasteiger partial charge in [0.2, 0.25) is 0 Å². The van der Waals surface area contributed by atoms with Crippen LogP contribution in [0.3, 0.4) is 0 Å². The molecule has 0 aliphatic rings. The maximum atomic E-state index is 4.91. The van der Waals surface area contributed by atoms with Crippen molar-refractivity contribution in [1.82, 2.24) is 14.1 Å². The zero-order chi connectivity index (χ0) is 29.9. The minimum atomic E-state index is 1.06. The van der Waals surface area contributed by atoms with Crippen LogP contribution in [0.15, 0.2) is 140 Å². The standard InChI is InChI=1S/C41H23N3S2/c1-2-11-24(12-3-1)43-31-17-7-4-14-27(31)35-36-28-15-5-8-18-32(28)44(25-20-21-34-30(23-25)26-13-6-9-19-33(26)45-34)39(36)40-37(38(35)43)29-16-10-22-42-41(29)46-40/h1-23H. The van der Waals surface area contributed by atoms with Crippen molar-refractivity contribution < 1.29 is 0 Å². The average molecular weight is 622 g/mol. The van der Waals surface area contributed by atoms with E-state index in [1.165, 1.54) is 84.9 Å². The summed E-state index contributed by atoms with van der Waals surface area (Å²) in [5.74, 6) is 0. The van der Waals surface area contributed by atoms with Crippen LogP contribution in [0.1, 0.15) is 0 Å². The first-order valence-electron chi connectivity index (χ1n) is 15.5. The number of pyridine rings is 1. The number of benzene rings is 6. The normalized spacial score (nSPS) is 12.3. The molecule has 11 aromatic rings. The van der Waals surface area contributed by atoms with E-state index in [1.807, 2.05) is 28.9 Å². The third-order valence-electron chi connectivity index (χ3n) is 9.55. The van der Waals surface area contributed by atoms with Gasteiger partial charge in [-0.25, -0.2) is 4.98 Å². The number of thiophene rings is 2. The fourth-order valence-corrected chi connectivity index (χ4v) is 10.0. The number of rotatable bonds is 2.